The lowest BCUT2D eigenvalue weighted by molar-refractivity contribution is 0.102. The SMILES string of the molecule is COc1ccc(C2=CC(c3ccccc3Cl)n3ncc(C(=O)Nc4ccc(C)cc4)c3N2)cc1. The number of methoxy groups -OCH3 is 1. The number of carbonyl (C=O) groups is 1. The molecule has 1 aliphatic heterocycles. The van der Waals surface area contributed by atoms with E-state index in [2.05, 4.69) is 21.8 Å². The summed E-state index contributed by atoms with van der Waals surface area (Å²) >= 11 is 6.56. The van der Waals surface area contributed by atoms with Gasteiger partial charge in [0.05, 0.1) is 13.3 Å². The van der Waals surface area contributed by atoms with Gasteiger partial charge < -0.3 is 15.4 Å². The molecule has 6 nitrogen and oxygen atoms in total. The number of nitrogens with one attached hydrogen (secondary N) is 2. The van der Waals surface area contributed by atoms with Crippen LogP contribution in [0.2, 0.25) is 5.02 Å². The molecular formula is C27H23ClN4O2. The van der Waals surface area contributed by atoms with E-state index in [4.69, 9.17) is 16.3 Å². The van der Waals surface area contributed by atoms with E-state index in [1.807, 2.05) is 79.7 Å². The van der Waals surface area contributed by atoms with Crippen molar-refractivity contribution in [2.75, 3.05) is 17.7 Å². The molecule has 2 N–H and O–H groups in total. The van der Waals surface area contributed by atoms with Crippen molar-refractivity contribution < 1.29 is 9.53 Å². The monoisotopic (exact) mass is 470 g/mol. The predicted molar refractivity (Wildman–Crippen MR) is 136 cm³/mol. The largest absolute Gasteiger partial charge is 0.497 e. The number of rotatable bonds is 5. The lowest BCUT2D eigenvalue weighted by atomic mass is 10.0. The number of benzene rings is 3. The number of carbonyl (C=O) groups excluding carboxylic acids is 1. The van der Waals surface area contributed by atoms with Crippen molar-refractivity contribution in [3.05, 3.63) is 112 Å². The van der Waals surface area contributed by atoms with Crippen molar-refractivity contribution in [2.24, 2.45) is 0 Å². The van der Waals surface area contributed by atoms with Gasteiger partial charge in [-0.2, -0.15) is 5.10 Å². The average molecular weight is 471 g/mol. The fourth-order valence-corrected chi connectivity index (χ4v) is 4.22. The molecule has 5 rings (SSSR count). The second kappa shape index (κ2) is 9.08. The molecule has 0 fully saturated rings. The Hall–Kier alpha value is -4.03. The molecule has 2 heterocycles. The highest BCUT2D eigenvalue weighted by molar-refractivity contribution is 6.31. The highest BCUT2D eigenvalue weighted by atomic mass is 35.5. The molecule has 1 aliphatic rings. The maximum absolute atomic E-state index is 13.2. The van der Waals surface area contributed by atoms with E-state index in [0.29, 0.717) is 16.4 Å². The summed E-state index contributed by atoms with van der Waals surface area (Å²) < 4.78 is 7.09. The zero-order valence-corrected chi connectivity index (χ0v) is 19.5. The molecule has 0 radical (unpaired) electrons. The van der Waals surface area contributed by atoms with E-state index in [-0.39, 0.29) is 11.9 Å². The van der Waals surface area contributed by atoms with E-state index in [0.717, 1.165) is 33.8 Å². The predicted octanol–water partition coefficient (Wildman–Crippen LogP) is 6.16. The Bertz CT molecular complexity index is 1370. The third-order valence-electron chi connectivity index (χ3n) is 5.82. The molecule has 4 aromatic rings. The Labute approximate surface area is 202 Å². The fraction of sp³-hybridized carbons (Fsp3) is 0.111. The molecule has 1 unspecified atom stereocenters. The van der Waals surface area contributed by atoms with Gasteiger partial charge in [-0.3, -0.25) is 4.79 Å². The highest BCUT2D eigenvalue weighted by Gasteiger charge is 2.29. The van der Waals surface area contributed by atoms with E-state index < -0.39 is 0 Å². The minimum absolute atomic E-state index is 0.244. The smallest absolute Gasteiger partial charge is 0.261 e. The van der Waals surface area contributed by atoms with Crippen molar-refractivity contribution in [1.82, 2.24) is 9.78 Å². The number of fused-ring (bicyclic) bond motifs is 1. The second-order valence-electron chi connectivity index (χ2n) is 8.07. The molecule has 1 aromatic heterocycles. The fourth-order valence-electron chi connectivity index (χ4n) is 3.97. The Morgan fingerprint density at radius 2 is 1.79 bits per heavy atom. The Kier molecular flexibility index (Phi) is 5.82. The summed E-state index contributed by atoms with van der Waals surface area (Å²) in [5.74, 6) is 1.13. The summed E-state index contributed by atoms with van der Waals surface area (Å²) in [7, 11) is 1.64. The van der Waals surface area contributed by atoms with Crippen LogP contribution in [0.15, 0.2) is 85.1 Å². The van der Waals surface area contributed by atoms with Crippen LogP contribution in [0.25, 0.3) is 5.70 Å². The third-order valence-corrected chi connectivity index (χ3v) is 6.16. The summed E-state index contributed by atoms with van der Waals surface area (Å²) in [6.45, 7) is 2.01. The number of allylic oxidation sites excluding steroid dienone is 1. The normalized spacial score (nSPS) is 14.6. The van der Waals surface area contributed by atoms with E-state index >= 15 is 0 Å². The molecule has 7 heteroatoms. The van der Waals surface area contributed by atoms with Gasteiger partial charge in [0.15, 0.2) is 0 Å². The molecule has 0 bridgehead atoms. The second-order valence-corrected chi connectivity index (χ2v) is 8.48. The van der Waals surface area contributed by atoms with Gasteiger partial charge in [-0.05, 0) is 66.6 Å². The molecule has 170 valence electrons. The average Bonchev–Trinajstić information content (AvgIpc) is 3.30. The summed E-state index contributed by atoms with van der Waals surface area (Å²) in [6, 6.07) is 22.8. The van der Waals surface area contributed by atoms with Crippen molar-refractivity contribution >= 4 is 34.7 Å². The standard InChI is InChI=1S/C27H23ClN4O2/c1-17-7-11-19(12-8-17)30-27(33)22-16-29-32-25(21-5-3-4-6-23(21)28)15-24(31-26(22)32)18-9-13-20(34-2)14-10-18/h3-16,25,31H,1-2H3,(H,30,33). The van der Waals surface area contributed by atoms with Gasteiger partial charge in [0.2, 0.25) is 0 Å². The number of hydrogen-bond acceptors (Lipinski definition) is 4. The molecule has 1 atom stereocenters. The first-order valence-electron chi connectivity index (χ1n) is 10.9. The Balaban J connectivity index is 1.55. The number of hydrogen-bond donors (Lipinski definition) is 2. The van der Waals surface area contributed by atoms with Crippen molar-refractivity contribution in [3.63, 3.8) is 0 Å². The minimum Gasteiger partial charge on any atom is -0.497 e. The van der Waals surface area contributed by atoms with Gasteiger partial charge in [-0.25, -0.2) is 4.68 Å². The van der Waals surface area contributed by atoms with Crippen LogP contribution in [0.4, 0.5) is 11.5 Å². The first-order valence-corrected chi connectivity index (χ1v) is 11.2. The molecular weight excluding hydrogens is 448 g/mol. The maximum atomic E-state index is 13.2. The van der Waals surface area contributed by atoms with Crippen LogP contribution >= 0.6 is 11.6 Å². The van der Waals surface area contributed by atoms with Crippen LogP contribution in [0, 0.1) is 6.92 Å². The molecule has 0 aliphatic carbocycles. The molecule has 0 spiro atoms. The highest BCUT2D eigenvalue weighted by Crippen LogP contribution is 2.37. The number of nitrogens with zero attached hydrogens (tertiary/aromatic N) is 2. The topological polar surface area (TPSA) is 68.2 Å². The number of anilines is 2. The van der Waals surface area contributed by atoms with E-state index in [1.54, 1.807) is 18.0 Å². The number of halogens is 1. The molecule has 34 heavy (non-hydrogen) atoms. The zero-order valence-electron chi connectivity index (χ0n) is 18.7. The van der Waals surface area contributed by atoms with Crippen LogP contribution in [0.1, 0.15) is 33.1 Å². The van der Waals surface area contributed by atoms with Gasteiger partial charge in [-0.1, -0.05) is 47.5 Å². The van der Waals surface area contributed by atoms with Crippen LogP contribution in [0.3, 0.4) is 0 Å². The summed E-state index contributed by atoms with van der Waals surface area (Å²) in [5.41, 5.74) is 4.99. The summed E-state index contributed by atoms with van der Waals surface area (Å²) in [5, 5.41) is 11.6. The number of aryl methyl sites for hydroxylation is 1. The van der Waals surface area contributed by atoms with Crippen LogP contribution < -0.4 is 15.4 Å². The zero-order chi connectivity index (χ0) is 23.7. The van der Waals surface area contributed by atoms with Gasteiger partial charge in [0.25, 0.3) is 5.91 Å². The van der Waals surface area contributed by atoms with E-state index in [9.17, 15) is 4.79 Å². The minimum atomic E-state index is -0.289. The van der Waals surface area contributed by atoms with Gasteiger partial charge in [-0.15, -0.1) is 0 Å². The van der Waals surface area contributed by atoms with E-state index in [1.165, 1.54) is 0 Å². The maximum Gasteiger partial charge on any atom is 0.261 e. The van der Waals surface area contributed by atoms with Gasteiger partial charge >= 0.3 is 0 Å². The number of ether oxygens (including phenoxy) is 1. The number of amides is 1. The quantitative estimate of drug-likeness (QED) is 0.366. The van der Waals surface area contributed by atoms with Crippen molar-refractivity contribution in [2.45, 2.75) is 13.0 Å². The van der Waals surface area contributed by atoms with Gasteiger partial charge in [0, 0.05) is 16.4 Å². The molecule has 0 saturated carbocycles. The molecule has 1 amide bonds. The Morgan fingerprint density at radius 1 is 1.06 bits per heavy atom. The van der Waals surface area contributed by atoms with Crippen LogP contribution in [-0.2, 0) is 0 Å². The summed E-state index contributed by atoms with van der Waals surface area (Å²) in [4.78, 5) is 13.2. The lowest BCUT2D eigenvalue weighted by Gasteiger charge is -2.27. The lowest BCUT2D eigenvalue weighted by Crippen LogP contribution is -2.22. The van der Waals surface area contributed by atoms with Crippen molar-refractivity contribution in [1.29, 1.82) is 0 Å². The van der Waals surface area contributed by atoms with Crippen LogP contribution in [-0.4, -0.2) is 22.8 Å². The first-order chi connectivity index (χ1) is 16.5. The Morgan fingerprint density at radius 3 is 2.50 bits per heavy atom. The first kappa shape index (κ1) is 21.8. The molecule has 0 saturated heterocycles. The molecule has 3 aromatic carbocycles. The summed E-state index contributed by atoms with van der Waals surface area (Å²) in [6.07, 6.45) is 3.64. The van der Waals surface area contributed by atoms with Crippen molar-refractivity contribution in [3.8, 4) is 5.75 Å². The third kappa shape index (κ3) is 4.16. The van der Waals surface area contributed by atoms with Crippen LogP contribution in [0.5, 0.6) is 5.75 Å². The number of aromatic nitrogens is 2. The van der Waals surface area contributed by atoms with Gasteiger partial charge in [0.1, 0.15) is 23.2 Å².